The second-order valence-electron chi connectivity index (χ2n) is 5.28. The molecule has 0 amide bonds. The fraction of sp³-hybridized carbons (Fsp3) is 0.222. The summed E-state index contributed by atoms with van der Waals surface area (Å²) >= 11 is 7.58. The minimum atomic E-state index is -0.0655. The molecule has 0 saturated carbocycles. The van der Waals surface area contributed by atoms with Crippen molar-refractivity contribution in [2.75, 3.05) is 13.7 Å². The summed E-state index contributed by atoms with van der Waals surface area (Å²) in [6.07, 6.45) is 0. The fourth-order valence-corrected chi connectivity index (χ4v) is 3.53. The summed E-state index contributed by atoms with van der Waals surface area (Å²) in [4.78, 5) is 17.4. The van der Waals surface area contributed by atoms with Gasteiger partial charge in [-0.05, 0) is 23.8 Å². The van der Waals surface area contributed by atoms with Crippen LogP contribution >= 0.6 is 23.4 Å². The Morgan fingerprint density at radius 3 is 2.75 bits per heavy atom. The monoisotopic (exact) mass is 360 g/mol. The van der Waals surface area contributed by atoms with E-state index in [-0.39, 0.29) is 5.56 Å². The first-order valence-corrected chi connectivity index (χ1v) is 8.91. The van der Waals surface area contributed by atoms with E-state index in [4.69, 9.17) is 16.3 Å². The molecule has 0 aliphatic carbocycles. The Balaban J connectivity index is 2.01. The summed E-state index contributed by atoms with van der Waals surface area (Å²) in [5.74, 6) is 0.742. The van der Waals surface area contributed by atoms with Crippen molar-refractivity contribution in [1.82, 2.24) is 9.55 Å². The molecule has 0 fully saturated rings. The molecule has 0 bridgehead atoms. The van der Waals surface area contributed by atoms with E-state index in [9.17, 15) is 4.79 Å². The maximum atomic E-state index is 12.8. The molecule has 0 atom stereocenters. The van der Waals surface area contributed by atoms with E-state index in [0.29, 0.717) is 34.2 Å². The van der Waals surface area contributed by atoms with Crippen LogP contribution in [0.5, 0.6) is 0 Å². The van der Waals surface area contributed by atoms with Crippen LogP contribution in [0.3, 0.4) is 0 Å². The van der Waals surface area contributed by atoms with E-state index >= 15 is 0 Å². The Hall–Kier alpha value is -1.82. The van der Waals surface area contributed by atoms with Crippen molar-refractivity contribution < 1.29 is 4.74 Å². The van der Waals surface area contributed by atoms with E-state index in [1.165, 1.54) is 17.3 Å². The Morgan fingerprint density at radius 2 is 2.00 bits per heavy atom. The molecule has 24 heavy (non-hydrogen) atoms. The molecule has 1 heterocycles. The zero-order valence-electron chi connectivity index (χ0n) is 13.2. The predicted octanol–water partition coefficient (Wildman–Crippen LogP) is 3.99. The highest BCUT2D eigenvalue weighted by Gasteiger charge is 2.12. The standard InChI is InChI=1S/C18H17ClN2O2S/c1-23-10-9-21-17(22)15-8-7-14(19)11-16(15)20-18(21)24-12-13-5-3-2-4-6-13/h2-8,11H,9-10,12H2,1H3. The molecule has 3 rings (SSSR count). The van der Waals surface area contributed by atoms with Gasteiger partial charge in [0, 0.05) is 17.9 Å². The van der Waals surface area contributed by atoms with Crippen molar-refractivity contribution in [3.05, 3.63) is 69.5 Å². The maximum Gasteiger partial charge on any atom is 0.262 e. The lowest BCUT2D eigenvalue weighted by Gasteiger charge is -2.13. The largest absolute Gasteiger partial charge is 0.383 e. The number of nitrogens with zero attached hydrogens (tertiary/aromatic N) is 2. The summed E-state index contributed by atoms with van der Waals surface area (Å²) in [6.45, 7) is 0.928. The topological polar surface area (TPSA) is 44.1 Å². The molecule has 0 radical (unpaired) electrons. The number of ether oxygens (including phenoxy) is 1. The van der Waals surface area contributed by atoms with Crippen molar-refractivity contribution in [3.63, 3.8) is 0 Å². The Kier molecular flexibility index (Phi) is 5.56. The molecule has 0 unspecified atom stereocenters. The van der Waals surface area contributed by atoms with Gasteiger partial charge in [-0.25, -0.2) is 4.98 Å². The van der Waals surface area contributed by atoms with Gasteiger partial charge in [0.1, 0.15) is 0 Å². The van der Waals surface area contributed by atoms with Crippen LogP contribution in [0, 0.1) is 0 Å². The van der Waals surface area contributed by atoms with Crippen LogP contribution < -0.4 is 5.56 Å². The summed E-state index contributed by atoms with van der Waals surface area (Å²) in [5, 5.41) is 1.82. The van der Waals surface area contributed by atoms with Crippen molar-refractivity contribution in [2.24, 2.45) is 0 Å². The molecule has 6 heteroatoms. The van der Waals surface area contributed by atoms with Gasteiger partial charge in [0.05, 0.1) is 24.1 Å². The first kappa shape index (κ1) is 17.0. The van der Waals surface area contributed by atoms with Crippen LogP contribution in [0.15, 0.2) is 58.5 Å². The Morgan fingerprint density at radius 1 is 1.21 bits per heavy atom. The number of hydrogen-bond donors (Lipinski definition) is 0. The number of thioether (sulfide) groups is 1. The minimum absolute atomic E-state index is 0.0655. The molecule has 0 N–H and O–H groups in total. The molecule has 0 spiro atoms. The molecule has 0 saturated heterocycles. The van der Waals surface area contributed by atoms with Crippen LogP contribution in [-0.4, -0.2) is 23.3 Å². The third-order valence-electron chi connectivity index (χ3n) is 3.61. The third-order valence-corrected chi connectivity index (χ3v) is 4.89. The second-order valence-corrected chi connectivity index (χ2v) is 6.66. The smallest absolute Gasteiger partial charge is 0.262 e. The summed E-state index contributed by atoms with van der Waals surface area (Å²) < 4.78 is 6.81. The molecule has 124 valence electrons. The first-order valence-electron chi connectivity index (χ1n) is 7.55. The zero-order valence-corrected chi connectivity index (χ0v) is 14.8. The molecular formula is C18H17ClN2O2S. The van der Waals surface area contributed by atoms with Gasteiger partial charge in [-0.15, -0.1) is 0 Å². The van der Waals surface area contributed by atoms with Gasteiger partial charge in [0.15, 0.2) is 5.16 Å². The van der Waals surface area contributed by atoms with Crippen LogP contribution in [0.1, 0.15) is 5.56 Å². The third kappa shape index (κ3) is 3.80. The van der Waals surface area contributed by atoms with Crippen molar-refractivity contribution in [3.8, 4) is 0 Å². The molecule has 1 aromatic heterocycles. The minimum Gasteiger partial charge on any atom is -0.383 e. The van der Waals surface area contributed by atoms with Gasteiger partial charge < -0.3 is 4.74 Å². The number of benzene rings is 2. The number of fused-ring (bicyclic) bond motifs is 1. The first-order chi connectivity index (χ1) is 11.7. The van der Waals surface area contributed by atoms with Gasteiger partial charge in [-0.1, -0.05) is 53.7 Å². The number of hydrogen-bond acceptors (Lipinski definition) is 4. The molecular weight excluding hydrogens is 344 g/mol. The average molecular weight is 361 g/mol. The van der Waals surface area contributed by atoms with Gasteiger partial charge in [-0.3, -0.25) is 9.36 Å². The van der Waals surface area contributed by atoms with Crippen molar-refractivity contribution in [2.45, 2.75) is 17.5 Å². The molecule has 4 nitrogen and oxygen atoms in total. The number of aromatic nitrogens is 2. The van der Waals surface area contributed by atoms with Gasteiger partial charge in [0.2, 0.25) is 0 Å². The van der Waals surface area contributed by atoms with E-state index in [1.54, 1.807) is 29.9 Å². The van der Waals surface area contributed by atoms with Gasteiger partial charge in [0.25, 0.3) is 5.56 Å². The normalized spacial score (nSPS) is 11.1. The molecule has 0 aliphatic rings. The lowest BCUT2D eigenvalue weighted by Crippen LogP contribution is -2.25. The second kappa shape index (κ2) is 7.83. The van der Waals surface area contributed by atoms with Crippen LogP contribution in [0.2, 0.25) is 5.02 Å². The zero-order chi connectivity index (χ0) is 16.9. The number of halogens is 1. The SMILES string of the molecule is COCCn1c(SCc2ccccc2)nc2cc(Cl)ccc2c1=O. The maximum absolute atomic E-state index is 12.8. The Bertz CT molecular complexity index is 897. The van der Waals surface area contributed by atoms with Crippen LogP contribution in [0.4, 0.5) is 0 Å². The predicted molar refractivity (Wildman–Crippen MR) is 98.9 cm³/mol. The molecule has 3 aromatic rings. The van der Waals surface area contributed by atoms with Gasteiger partial charge in [-0.2, -0.15) is 0 Å². The fourth-order valence-electron chi connectivity index (χ4n) is 2.39. The lowest BCUT2D eigenvalue weighted by atomic mass is 10.2. The van der Waals surface area contributed by atoms with Crippen LogP contribution in [0.25, 0.3) is 10.9 Å². The van der Waals surface area contributed by atoms with E-state index in [0.717, 1.165) is 5.75 Å². The highest BCUT2D eigenvalue weighted by Crippen LogP contribution is 2.23. The van der Waals surface area contributed by atoms with E-state index in [1.807, 2.05) is 18.2 Å². The number of methoxy groups -OCH3 is 1. The van der Waals surface area contributed by atoms with Gasteiger partial charge >= 0.3 is 0 Å². The Labute approximate surface area is 149 Å². The van der Waals surface area contributed by atoms with Crippen molar-refractivity contribution >= 4 is 34.3 Å². The lowest BCUT2D eigenvalue weighted by molar-refractivity contribution is 0.183. The van der Waals surface area contributed by atoms with E-state index in [2.05, 4.69) is 17.1 Å². The average Bonchev–Trinajstić information content (AvgIpc) is 2.60. The summed E-state index contributed by atoms with van der Waals surface area (Å²) in [6, 6.07) is 15.3. The molecule has 2 aromatic carbocycles. The van der Waals surface area contributed by atoms with Crippen LogP contribution in [-0.2, 0) is 17.0 Å². The van der Waals surface area contributed by atoms with E-state index < -0.39 is 0 Å². The van der Waals surface area contributed by atoms with Crippen molar-refractivity contribution in [1.29, 1.82) is 0 Å². The summed E-state index contributed by atoms with van der Waals surface area (Å²) in [5.41, 5.74) is 1.74. The summed E-state index contributed by atoms with van der Waals surface area (Å²) in [7, 11) is 1.62. The number of rotatable bonds is 6. The molecule has 0 aliphatic heterocycles. The quantitative estimate of drug-likeness (QED) is 0.492. The highest BCUT2D eigenvalue weighted by atomic mass is 35.5. The highest BCUT2D eigenvalue weighted by molar-refractivity contribution is 7.98.